The van der Waals surface area contributed by atoms with Gasteiger partial charge < -0.3 is 19.3 Å². The Hall–Kier alpha value is -1.14. The fraction of sp³-hybridized carbons (Fsp3) is 0.846. The lowest BCUT2D eigenvalue weighted by atomic mass is 10.2. The molecule has 108 valence electrons. The zero-order chi connectivity index (χ0) is 13.7. The first-order valence-electron chi connectivity index (χ1n) is 6.98. The Morgan fingerprint density at radius 1 is 1.21 bits per heavy atom. The summed E-state index contributed by atoms with van der Waals surface area (Å²) >= 11 is 0. The molecule has 2 heterocycles. The van der Waals surface area contributed by atoms with Crippen molar-refractivity contribution in [1.82, 2.24) is 9.80 Å². The van der Waals surface area contributed by atoms with Gasteiger partial charge in [0.05, 0.1) is 0 Å². The summed E-state index contributed by atoms with van der Waals surface area (Å²) < 4.78 is 10.5. The molecule has 0 saturated carbocycles. The van der Waals surface area contributed by atoms with Gasteiger partial charge in [0.1, 0.15) is 12.7 Å². The van der Waals surface area contributed by atoms with Gasteiger partial charge in [-0.25, -0.2) is 0 Å². The van der Waals surface area contributed by atoms with Crippen molar-refractivity contribution >= 4 is 11.8 Å². The van der Waals surface area contributed by atoms with Gasteiger partial charge >= 0.3 is 0 Å². The van der Waals surface area contributed by atoms with E-state index in [-0.39, 0.29) is 24.5 Å². The number of amides is 2. The minimum absolute atomic E-state index is 0.00562. The van der Waals surface area contributed by atoms with Gasteiger partial charge in [0.15, 0.2) is 0 Å². The molecule has 0 aromatic heterocycles. The van der Waals surface area contributed by atoms with Crippen LogP contribution in [0.25, 0.3) is 0 Å². The molecule has 0 aromatic rings. The Kier molecular flexibility index (Phi) is 5.15. The van der Waals surface area contributed by atoms with Crippen LogP contribution in [0.5, 0.6) is 0 Å². The van der Waals surface area contributed by atoms with Crippen molar-refractivity contribution in [2.75, 3.05) is 46.0 Å². The van der Waals surface area contributed by atoms with Gasteiger partial charge in [-0.1, -0.05) is 0 Å². The molecular weight excluding hydrogens is 248 g/mol. The molecule has 2 aliphatic rings. The third-order valence-corrected chi connectivity index (χ3v) is 3.58. The molecule has 1 atom stereocenters. The molecule has 2 aliphatic heterocycles. The minimum atomic E-state index is -0.259. The Morgan fingerprint density at radius 3 is 2.47 bits per heavy atom. The Bertz CT molecular complexity index is 321. The lowest BCUT2D eigenvalue weighted by Gasteiger charge is -2.35. The van der Waals surface area contributed by atoms with E-state index in [9.17, 15) is 9.59 Å². The van der Waals surface area contributed by atoms with Crippen LogP contribution in [0.4, 0.5) is 0 Å². The highest BCUT2D eigenvalue weighted by atomic mass is 16.5. The average Bonchev–Trinajstić information content (AvgIpc) is 2.98. The van der Waals surface area contributed by atoms with E-state index in [1.165, 1.54) is 0 Å². The molecule has 19 heavy (non-hydrogen) atoms. The molecule has 1 unspecified atom stereocenters. The molecule has 0 N–H and O–H groups in total. The second-order valence-electron chi connectivity index (χ2n) is 4.84. The Morgan fingerprint density at radius 2 is 1.89 bits per heavy atom. The molecule has 0 radical (unpaired) electrons. The van der Waals surface area contributed by atoms with Crippen molar-refractivity contribution < 1.29 is 19.1 Å². The zero-order valence-corrected chi connectivity index (χ0v) is 11.5. The van der Waals surface area contributed by atoms with Crippen LogP contribution >= 0.6 is 0 Å². The van der Waals surface area contributed by atoms with Crippen molar-refractivity contribution in [3.63, 3.8) is 0 Å². The highest BCUT2D eigenvalue weighted by molar-refractivity contribution is 5.82. The van der Waals surface area contributed by atoms with Crippen LogP contribution < -0.4 is 0 Å². The molecule has 2 saturated heterocycles. The van der Waals surface area contributed by atoms with Crippen LogP contribution in [0.1, 0.15) is 19.8 Å². The second-order valence-corrected chi connectivity index (χ2v) is 4.84. The number of carbonyl (C=O) groups is 2. The highest BCUT2D eigenvalue weighted by Gasteiger charge is 2.31. The summed E-state index contributed by atoms with van der Waals surface area (Å²) in [7, 11) is 0. The van der Waals surface area contributed by atoms with Crippen molar-refractivity contribution in [3.8, 4) is 0 Å². The topological polar surface area (TPSA) is 59.1 Å². The summed E-state index contributed by atoms with van der Waals surface area (Å²) in [6.45, 7) is 5.59. The van der Waals surface area contributed by atoms with Gasteiger partial charge in [-0.2, -0.15) is 0 Å². The monoisotopic (exact) mass is 270 g/mol. The summed E-state index contributed by atoms with van der Waals surface area (Å²) in [4.78, 5) is 27.4. The summed E-state index contributed by atoms with van der Waals surface area (Å²) in [6, 6.07) is 0. The van der Waals surface area contributed by atoms with E-state index in [2.05, 4.69) is 0 Å². The smallest absolute Gasteiger partial charge is 0.251 e. The van der Waals surface area contributed by atoms with Crippen molar-refractivity contribution in [2.45, 2.75) is 25.9 Å². The number of hydrogen-bond donors (Lipinski definition) is 0. The van der Waals surface area contributed by atoms with Gasteiger partial charge in [0, 0.05) is 39.4 Å². The maximum atomic E-state index is 12.1. The first kappa shape index (κ1) is 14.3. The van der Waals surface area contributed by atoms with Crippen LogP contribution in [-0.2, 0) is 19.1 Å². The number of piperazine rings is 1. The predicted octanol–water partition coefficient (Wildman–Crippen LogP) is -0.127. The minimum Gasteiger partial charge on any atom is -0.372 e. The number of rotatable bonds is 4. The molecule has 2 amide bonds. The number of ether oxygens (including phenoxy) is 2. The van der Waals surface area contributed by atoms with Crippen LogP contribution in [-0.4, -0.2) is 73.7 Å². The van der Waals surface area contributed by atoms with Crippen molar-refractivity contribution in [1.29, 1.82) is 0 Å². The quantitative estimate of drug-likeness (QED) is 0.714. The van der Waals surface area contributed by atoms with E-state index < -0.39 is 0 Å². The standard InChI is InChI=1S/C13H22N2O4/c1-2-18-10-12(16)14-5-7-15(8-6-14)13(17)11-4-3-9-19-11/h11H,2-10H2,1H3. The SMILES string of the molecule is CCOCC(=O)N1CCN(C(=O)C2CCCO2)CC1. The van der Waals surface area contributed by atoms with E-state index in [4.69, 9.17) is 9.47 Å². The van der Waals surface area contributed by atoms with E-state index in [1.807, 2.05) is 6.92 Å². The third-order valence-electron chi connectivity index (χ3n) is 3.58. The summed E-state index contributed by atoms with van der Waals surface area (Å²) in [5.74, 6) is 0.0838. The maximum Gasteiger partial charge on any atom is 0.251 e. The average molecular weight is 270 g/mol. The van der Waals surface area contributed by atoms with Gasteiger partial charge in [0.2, 0.25) is 5.91 Å². The van der Waals surface area contributed by atoms with Gasteiger partial charge in [-0.3, -0.25) is 9.59 Å². The normalized spacial score (nSPS) is 23.7. The van der Waals surface area contributed by atoms with Crippen LogP contribution in [0.15, 0.2) is 0 Å². The number of nitrogens with zero attached hydrogens (tertiary/aromatic N) is 2. The molecule has 2 rings (SSSR count). The van der Waals surface area contributed by atoms with Crippen molar-refractivity contribution in [2.24, 2.45) is 0 Å². The van der Waals surface area contributed by atoms with Gasteiger partial charge in [-0.05, 0) is 19.8 Å². The van der Waals surface area contributed by atoms with E-state index in [0.29, 0.717) is 39.4 Å². The molecule has 0 aromatic carbocycles. The molecule has 6 nitrogen and oxygen atoms in total. The number of carbonyl (C=O) groups excluding carboxylic acids is 2. The highest BCUT2D eigenvalue weighted by Crippen LogP contribution is 2.16. The van der Waals surface area contributed by atoms with Crippen LogP contribution in [0, 0.1) is 0 Å². The first-order valence-corrected chi connectivity index (χ1v) is 6.98. The lowest BCUT2D eigenvalue weighted by Crippen LogP contribution is -2.53. The van der Waals surface area contributed by atoms with E-state index >= 15 is 0 Å². The fourth-order valence-electron chi connectivity index (χ4n) is 2.43. The van der Waals surface area contributed by atoms with E-state index in [0.717, 1.165) is 12.8 Å². The zero-order valence-electron chi connectivity index (χ0n) is 11.5. The lowest BCUT2D eigenvalue weighted by molar-refractivity contribution is -0.147. The molecule has 0 aliphatic carbocycles. The molecule has 6 heteroatoms. The fourth-order valence-corrected chi connectivity index (χ4v) is 2.43. The van der Waals surface area contributed by atoms with Crippen LogP contribution in [0.2, 0.25) is 0 Å². The summed E-state index contributed by atoms with van der Waals surface area (Å²) in [5.41, 5.74) is 0. The van der Waals surface area contributed by atoms with Gasteiger partial charge in [0.25, 0.3) is 5.91 Å². The van der Waals surface area contributed by atoms with Crippen LogP contribution in [0.3, 0.4) is 0 Å². The third kappa shape index (κ3) is 3.67. The van der Waals surface area contributed by atoms with Crippen molar-refractivity contribution in [3.05, 3.63) is 0 Å². The molecular formula is C13H22N2O4. The molecule has 0 spiro atoms. The Balaban J connectivity index is 1.75. The maximum absolute atomic E-state index is 12.1. The predicted molar refractivity (Wildman–Crippen MR) is 68.6 cm³/mol. The summed E-state index contributed by atoms with van der Waals surface area (Å²) in [6.07, 6.45) is 1.52. The van der Waals surface area contributed by atoms with E-state index in [1.54, 1.807) is 9.80 Å². The van der Waals surface area contributed by atoms with Gasteiger partial charge in [-0.15, -0.1) is 0 Å². The largest absolute Gasteiger partial charge is 0.372 e. The summed E-state index contributed by atoms with van der Waals surface area (Å²) in [5, 5.41) is 0. The molecule has 0 bridgehead atoms. The first-order chi connectivity index (χ1) is 9.22. The molecule has 2 fully saturated rings. The second kappa shape index (κ2) is 6.86. The Labute approximate surface area is 113 Å². The number of hydrogen-bond acceptors (Lipinski definition) is 4.